The van der Waals surface area contributed by atoms with Gasteiger partial charge in [0.15, 0.2) is 0 Å². The van der Waals surface area contributed by atoms with Crippen LogP contribution >= 0.6 is 11.8 Å². The highest BCUT2D eigenvalue weighted by Crippen LogP contribution is 2.26. The van der Waals surface area contributed by atoms with Crippen LogP contribution in [0.1, 0.15) is 18.4 Å². The maximum absolute atomic E-state index is 12.8. The molecule has 0 radical (unpaired) electrons. The lowest BCUT2D eigenvalue weighted by Crippen LogP contribution is -2.46. The van der Waals surface area contributed by atoms with Gasteiger partial charge in [0.25, 0.3) is 0 Å². The van der Waals surface area contributed by atoms with Crippen molar-refractivity contribution in [3.8, 4) is 0 Å². The fraction of sp³-hybridized carbons (Fsp3) is 0.350. The van der Waals surface area contributed by atoms with E-state index in [2.05, 4.69) is 29.6 Å². The Bertz CT molecular complexity index is 868. The van der Waals surface area contributed by atoms with Crippen LogP contribution in [0, 0.1) is 6.92 Å². The van der Waals surface area contributed by atoms with Crippen LogP contribution in [0.4, 0.5) is 0 Å². The van der Waals surface area contributed by atoms with E-state index in [0.29, 0.717) is 25.9 Å². The normalized spacial score (nSPS) is 17.7. The van der Waals surface area contributed by atoms with E-state index < -0.39 is 16.1 Å². The number of carbonyl (C=O) groups excluding carboxylic acids is 1. The van der Waals surface area contributed by atoms with E-state index in [1.54, 1.807) is 42.1 Å². The molecule has 27 heavy (non-hydrogen) atoms. The fourth-order valence-electron chi connectivity index (χ4n) is 3.11. The Labute approximate surface area is 165 Å². The molecule has 0 aromatic heterocycles. The van der Waals surface area contributed by atoms with Crippen LogP contribution in [-0.2, 0) is 14.8 Å². The second-order valence-electron chi connectivity index (χ2n) is 6.54. The molecule has 1 amide bonds. The van der Waals surface area contributed by atoms with Gasteiger partial charge in [0.05, 0.1) is 4.90 Å². The second kappa shape index (κ2) is 8.91. The predicted molar refractivity (Wildman–Crippen MR) is 108 cm³/mol. The van der Waals surface area contributed by atoms with Gasteiger partial charge in [-0.05, 0) is 44.0 Å². The van der Waals surface area contributed by atoms with Crippen molar-refractivity contribution in [2.75, 3.05) is 18.8 Å². The number of aryl methyl sites for hydroxylation is 1. The van der Waals surface area contributed by atoms with Gasteiger partial charge in [0, 0.05) is 23.7 Å². The first-order valence-electron chi connectivity index (χ1n) is 9.02. The van der Waals surface area contributed by atoms with Gasteiger partial charge in [-0.1, -0.05) is 35.9 Å². The van der Waals surface area contributed by atoms with Gasteiger partial charge in [0.1, 0.15) is 6.04 Å². The molecule has 1 saturated heterocycles. The molecule has 1 N–H and O–H groups in total. The largest absolute Gasteiger partial charge is 0.354 e. The van der Waals surface area contributed by atoms with Gasteiger partial charge >= 0.3 is 0 Å². The minimum absolute atomic E-state index is 0.212. The molecule has 1 heterocycles. The molecule has 3 rings (SSSR count). The van der Waals surface area contributed by atoms with Crippen LogP contribution in [0.5, 0.6) is 0 Å². The highest BCUT2D eigenvalue weighted by atomic mass is 32.2. The van der Waals surface area contributed by atoms with Gasteiger partial charge in [-0.15, -0.1) is 11.8 Å². The lowest BCUT2D eigenvalue weighted by Gasteiger charge is -2.23. The number of nitrogens with one attached hydrogen (secondary N) is 1. The molecule has 0 aliphatic carbocycles. The van der Waals surface area contributed by atoms with Gasteiger partial charge in [0.2, 0.25) is 15.9 Å². The summed E-state index contributed by atoms with van der Waals surface area (Å²) in [6.07, 6.45) is 1.26. The third-order valence-corrected chi connectivity index (χ3v) is 7.48. The van der Waals surface area contributed by atoms with Crippen LogP contribution < -0.4 is 5.32 Å². The monoisotopic (exact) mass is 404 g/mol. The molecule has 0 bridgehead atoms. The van der Waals surface area contributed by atoms with Crippen molar-refractivity contribution < 1.29 is 13.2 Å². The Balaban J connectivity index is 1.55. The van der Waals surface area contributed by atoms with Gasteiger partial charge in [-0.25, -0.2) is 8.42 Å². The molecule has 1 aliphatic rings. The topological polar surface area (TPSA) is 66.5 Å². The summed E-state index contributed by atoms with van der Waals surface area (Å²) >= 11 is 1.67. The van der Waals surface area contributed by atoms with Crippen molar-refractivity contribution in [1.29, 1.82) is 0 Å². The molecule has 2 aromatic rings. The van der Waals surface area contributed by atoms with Crippen molar-refractivity contribution in [2.24, 2.45) is 0 Å². The van der Waals surface area contributed by atoms with E-state index in [9.17, 15) is 13.2 Å². The number of amides is 1. The van der Waals surface area contributed by atoms with Crippen molar-refractivity contribution in [3.63, 3.8) is 0 Å². The lowest BCUT2D eigenvalue weighted by atomic mass is 10.2. The van der Waals surface area contributed by atoms with Crippen LogP contribution in [0.2, 0.25) is 0 Å². The van der Waals surface area contributed by atoms with Gasteiger partial charge < -0.3 is 5.32 Å². The Morgan fingerprint density at radius 1 is 1.15 bits per heavy atom. The number of hydrogen-bond donors (Lipinski definition) is 1. The summed E-state index contributed by atoms with van der Waals surface area (Å²) in [6.45, 7) is 2.94. The maximum atomic E-state index is 12.8. The molecule has 0 saturated carbocycles. The molecule has 1 fully saturated rings. The fourth-order valence-corrected chi connectivity index (χ4v) is 5.56. The van der Waals surface area contributed by atoms with Crippen molar-refractivity contribution in [2.45, 2.75) is 35.6 Å². The summed E-state index contributed by atoms with van der Waals surface area (Å²) < 4.78 is 27.0. The average molecular weight is 405 g/mol. The zero-order valence-electron chi connectivity index (χ0n) is 15.3. The first-order chi connectivity index (χ1) is 13.0. The summed E-state index contributed by atoms with van der Waals surface area (Å²) in [4.78, 5) is 14.0. The van der Waals surface area contributed by atoms with Crippen LogP contribution in [0.25, 0.3) is 0 Å². The maximum Gasteiger partial charge on any atom is 0.243 e. The summed E-state index contributed by atoms with van der Waals surface area (Å²) in [6, 6.07) is 15.9. The number of thioether (sulfide) groups is 1. The molecule has 0 spiro atoms. The summed E-state index contributed by atoms with van der Waals surface area (Å²) in [5.74, 6) is 0.531. The van der Waals surface area contributed by atoms with E-state index in [4.69, 9.17) is 0 Å². The molecule has 1 aliphatic heterocycles. The summed E-state index contributed by atoms with van der Waals surface area (Å²) in [5.41, 5.74) is 1.22. The number of benzene rings is 2. The summed E-state index contributed by atoms with van der Waals surface area (Å²) in [7, 11) is -3.64. The standard InChI is InChI=1S/C20H24N2O3S2/c1-16-9-11-17(12-10-16)26-15-13-21-20(23)19-8-5-14-22(19)27(24,25)18-6-3-2-4-7-18/h2-4,6-7,9-12,19H,5,8,13-15H2,1H3,(H,21,23)/t19-/m0/s1. The van der Waals surface area contributed by atoms with Gasteiger partial charge in [-0.2, -0.15) is 4.31 Å². The van der Waals surface area contributed by atoms with Crippen molar-refractivity contribution >= 4 is 27.7 Å². The third kappa shape index (κ3) is 4.91. The number of sulfonamides is 1. The number of nitrogens with zero attached hydrogens (tertiary/aromatic N) is 1. The molecule has 7 heteroatoms. The molecule has 144 valence electrons. The first-order valence-corrected chi connectivity index (χ1v) is 11.4. The minimum atomic E-state index is -3.64. The first kappa shape index (κ1) is 19.9. The molecule has 5 nitrogen and oxygen atoms in total. The van der Waals surface area contributed by atoms with E-state index >= 15 is 0 Å². The lowest BCUT2D eigenvalue weighted by molar-refractivity contribution is -0.124. The van der Waals surface area contributed by atoms with E-state index in [1.807, 2.05) is 6.92 Å². The molecule has 0 unspecified atom stereocenters. The predicted octanol–water partition coefficient (Wildman–Crippen LogP) is 3.06. The second-order valence-corrected chi connectivity index (χ2v) is 9.60. The number of rotatable bonds is 7. The molecule has 2 aromatic carbocycles. The molecular weight excluding hydrogens is 380 g/mol. The highest BCUT2D eigenvalue weighted by molar-refractivity contribution is 7.99. The molecular formula is C20H24N2O3S2. The van der Waals surface area contributed by atoms with E-state index in [1.165, 1.54) is 9.87 Å². The van der Waals surface area contributed by atoms with Crippen LogP contribution in [0.3, 0.4) is 0 Å². The average Bonchev–Trinajstić information content (AvgIpc) is 3.18. The van der Waals surface area contributed by atoms with Gasteiger partial charge in [-0.3, -0.25) is 4.79 Å². The number of carbonyl (C=O) groups is 1. The van der Waals surface area contributed by atoms with E-state index in [0.717, 1.165) is 10.6 Å². The zero-order valence-corrected chi connectivity index (χ0v) is 16.9. The minimum Gasteiger partial charge on any atom is -0.354 e. The highest BCUT2D eigenvalue weighted by Gasteiger charge is 2.39. The number of hydrogen-bond acceptors (Lipinski definition) is 4. The van der Waals surface area contributed by atoms with Crippen molar-refractivity contribution in [1.82, 2.24) is 9.62 Å². The zero-order chi connectivity index (χ0) is 19.3. The Morgan fingerprint density at radius 3 is 2.56 bits per heavy atom. The quantitative estimate of drug-likeness (QED) is 0.569. The third-order valence-electron chi connectivity index (χ3n) is 4.55. The van der Waals surface area contributed by atoms with Crippen LogP contribution in [0.15, 0.2) is 64.4 Å². The molecule has 1 atom stereocenters. The Morgan fingerprint density at radius 2 is 1.85 bits per heavy atom. The van der Waals surface area contributed by atoms with Crippen molar-refractivity contribution in [3.05, 3.63) is 60.2 Å². The van der Waals surface area contributed by atoms with Crippen LogP contribution in [-0.4, -0.2) is 43.5 Å². The summed E-state index contributed by atoms with van der Waals surface area (Å²) in [5, 5.41) is 2.89. The Hall–Kier alpha value is -1.83. The smallest absolute Gasteiger partial charge is 0.243 e. The SMILES string of the molecule is Cc1ccc(SCCNC(=O)[C@@H]2CCCN2S(=O)(=O)c2ccccc2)cc1. The Kier molecular flexibility index (Phi) is 6.57. The van der Waals surface area contributed by atoms with E-state index in [-0.39, 0.29) is 10.8 Å².